The molecule has 1 amide bonds. The Bertz CT molecular complexity index is 1040. The van der Waals surface area contributed by atoms with Gasteiger partial charge in [-0.3, -0.25) is 9.48 Å². The fraction of sp³-hybridized carbons (Fsp3) is 0.130. The van der Waals surface area contributed by atoms with Crippen molar-refractivity contribution in [3.63, 3.8) is 0 Å². The Morgan fingerprint density at radius 1 is 0.964 bits per heavy atom. The predicted octanol–water partition coefficient (Wildman–Crippen LogP) is 4.51. The van der Waals surface area contributed by atoms with Crippen LogP contribution in [0.3, 0.4) is 0 Å². The number of aromatic nitrogens is 2. The van der Waals surface area contributed by atoms with E-state index in [1.165, 1.54) is 0 Å². The molecule has 5 nitrogen and oxygen atoms in total. The summed E-state index contributed by atoms with van der Waals surface area (Å²) in [5.74, 6) is 1.26. The molecule has 0 unspecified atom stereocenters. The summed E-state index contributed by atoms with van der Waals surface area (Å²) < 4.78 is 7.21. The summed E-state index contributed by atoms with van der Waals surface area (Å²) in [7, 11) is 1.76. The third-order valence-corrected chi connectivity index (χ3v) is 4.65. The topological polar surface area (TPSA) is 60.1 Å². The van der Waals surface area contributed by atoms with Crippen LogP contribution in [-0.2, 0) is 7.05 Å². The fourth-order valence-electron chi connectivity index (χ4n) is 3.23. The summed E-state index contributed by atoms with van der Waals surface area (Å²) in [5, 5.41) is 7.58. The maximum Gasteiger partial charge on any atom is 0.270 e. The predicted molar refractivity (Wildman–Crippen MR) is 108 cm³/mol. The SMILES string of the molecule is Cc1ccc(-c2cc(C(=O)NC(c3ccccc3)c3ccccc3)n(C)n2)o1. The molecule has 2 heterocycles. The molecule has 4 rings (SSSR count). The first-order valence-corrected chi connectivity index (χ1v) is 9.13. The van der Waals surface area contributed by atoms with Crippen LogP contribution in [0, 0.1) is 6.92 Å². The minimum absolute atomic E-state index is 0.192. The molecule has 0 fully saturated rings. The van der Waals surface area contributed by atoms with E-state index in [2.05, 4.69) is 10.4 Å². The van der Waals surface area contributed by atoms with Crippen molar-refractivity contribution in [1.82, 2.24) is 15.1 Å². The molecular weight excluding hydrogens is 350 g/mol. The molecule has 28 heavy (non-hydrogen) atoms. The standard InChI is InChI=1S/C23H21N3O2/c1-16-13-14-21(28-16)19-15-20(26(2)25-19)23(27)24-22(17-9-5-3-6-10-17)18-11-7-4-8-12-18/h3-15,22H,1-2H3,(H,24,27). The summed E-state index contributed by atoms with van der Waals surface area (Å²) in [4.78, 5) is 13.1. The second kappa shape index (κ2) is 7.56. The van der Waals surface area contributed by atoms with E-state index in [0.29, 0.717) is 17.1 Å². The molecule has 0 radical (unpaired) electrons. The lowest BCUT2D eigenvalue weighted by Crippen LogP contribution is -2.30. The van der Waals surface area contributed by atoms with Crippen molar-refractivity contribution in [2.45, 2.75) is 13.0 Å². The van der Waals surface area contributed by atoms with Crippen LogP contribution < -0.4 is 5.32 Å². The van der Waals surface area contributed by atoms with Gasteiger partial charge in [0.1, 0.15) is 17.1 Å². The summed E-state index contributed by atoms with van der Waals surface area (Å²) >= 11 is 0. The van der Waals surface area contributed by atoms with Gasteiger partial charge in [-0.05, 0) is 30.2 Å². The van der Waals surface area contributed by atoms with Crippen molar-refractivity contribution in [2.75, 3.05) is 0 Å². The van der Waals surface area contributed by atoms with Gasteiger partial charge in [-0.2, -0.15) is 5.10 Å². The van der Waals surface area contributed by atoms with Crippen LogP contribution >= 0.6 is 0 Å². The normalized spacial score (nSPS) is 11.0. The largest absolute Gasteiger partial charge is 0.460 e. The highest BCUT2D eigenvalue weighted by Crippen LogP contribution is 2.24. The van der Waals surface area contributed by atoms with E-state index in [4.69, 9.17) is 4.42 Å². The lowest BCUT2D eigenvalue weighted by Gasteiger charge is -2.19. The van der Waals surface area contributed by atoms with E-state index in [1.54, 1.807) is 17.8 Å². The van der Waals surface area contributed by atoms with Gasteiger partial charge in [0, 0.05) is 13.1 Å². The van der Waals surface area contributed by atoms with Crippen LogP contribution in [0.2, 0.25) is 0 Å². The first kappa shape index (κ1) is 17.8. The third kappa shape index (κ3) is 3.60. The summed E-state index contributed by atoms with van der Waals surface area (Å²) in [6, 6.07) is 25.1. The number of carbonyl (C=O) groups is 1. The van der Waals surface area contributed by atoms with Crippen molar-refractivity contribution in [1.29, 1.82) is 0 Å². The monoisotopic (exact) mass is 371 g/mol. The molecule has 0 saturated heterocycles. The van der Waals surface area contributed by atoms with Gasteiger partial charge in [0.25, 0.3) is 5.91 Å². The molecular formula is C23H21N3O2. The van der Waals surface area contributed by atoms with Crippen molar-refractivity contribution in [2.24, 2.45) is 7.05 Å². The van der Waals surface area contributed by atoms with Gasteiger partial charge in [-0.25, -0.2) is 0 Å². The molecule has 140 valence electrons. The number of nitrogens with zero attached hydrogens (tertiary/aromatic N) is 2. The van der Waals surface area contributed by atoms with Gasteiger partial charge < -0.3 is 9.73 Å². The van der Waals surface area contributed by atoms with E-state index in [9.17, 15) is 4.79 Å². The molecule has 0 aliphatic rings. The van der Waals surface area contributed by atoms with Crippen LogP contribution in [-0.4, -0.2) is 15.7 Å². The Hall–Kier alpha value is -3.60. The lowest BCUT2D eigenvalue weighted by atomic mass is 9.98. The van der Waals surface area contributed by atoms with Crippen molar-refractivity contribution in [3.05, 3.63) is 101 Å². The van der Waals surface area contributed by atoms with Crippen molar-refractivity contribution < 1.29 is 9.21 Å². The quantitative estimate of drug-likeness (QED) is 0.562. The lowest BCUT2D eigenvalue weighted by molar-refractivity contribution is 0.0933. The molecule has 2 aromatic heterocycles. The average Bonchev–Trinajstić information content (AvgIpc) is 3.33. The molecule has 0 aliphatic carbocycles. The van der Waals surface area contributed by atoms with E-state index in [1.807, 2.05) is 79.7 Å². The van der Waals surface area contributed by atoms with Gasteiger partial charge >= 0.3 is 0 Å². The minimum atomic E-state index is -0.251. The molecule has 4 aromatic rings. The molecule has 0 spiro atoms. The maximum atomic E-state index is 13.1. The Morgan fingerprint density at radius 3 is 2.11 bits per heavy atom. The number of rotatable bonds is 5. The summed E-state index contributed by atoms with van der Waals surface area (Å²) in [6.45, 7) is 1.88. The van der Waals surface area contributed by atoms with Gasteiger partial charge in [-0.15, -0.1) is 0 Å². The van der Waals surface area contributed by atoms with Crippen LogP contribution in [0.25, 0.3) is 11.5 Å². The number of benzene rings is 2. The van der Waals surface area contributed by atoms with Crippen LogP contribution in [0.5, 0.6) is 0 Å². The maximum absolute atomic E-state index is 13.1. The van der Waals surface area contributed by atoms with E-state index >= 15 is 0 Å². The van der Waals surface area contributed by atoms with Crippen LogP contribution in [0.1, 0.15) is 33.4 Å². The third-order valence-electron chi connectivity index (χ3n) is 4.65. The number of nitrogens with one attached hydrogen (secondary N) is 1. The first-order valence-electron chi connectivity index (χ1n) is 9.13. The zero-order chi connectivity index (χ0) is 19.5. The molecule has 5 heteroatoms. The Balaban J connectivity index is 1.64. The van der Waals surface area contributed by atoms with E-state index in [0.717, 1.165) is 16.9 Å². The molecule has 0 bridgehead atoms. The van der Waals surface area contributed by atoms with E-state index < -0.39 is 0 Å². The summed E-state index contributed by atoms with van der Waals surface area (Å²) in [6.07, 6.45) is 0. The number of aryl methyl sites for hydroxylation is 2. The molecule has 0 aliphatic heterocycles. The van der Waals surface area contributed by atoms with Crippen molar-refractivity contribution >= 4 is 5.91 Å². The van der Waals surface area contributed by atoms with Crippen molar-refractivity contribution in [3.8, 4) is 11.5 Å². The van der Waals surface area contributed by atoms with Crippen LogP contribution in [0.4, 0.5) is 0 Å². The van der Waals surface area contributed by atoms with Gasteiger partial charge in [-0.1, -0.05) is 60.7 Å². The van der Waals surface area contributed by atoms with Gasteiger partial charge in [0.2, 0.25) is 0 Å². The first-order chi connectivity index (χ1) is 13.6. The Kier molecular flexibility index (Phi) is 4.81. The number of amides is 1. The number of hydrogen-bond acceptors (Lipinski definition) is 3. The van der Waals surface area contributed by atoms with E-state index in [-0.39, 0.29) is 11.9 Å². The fourth-order valence-corrected chi connectivity index (χ4v) is 3.23. The Morgan fingerprint density at radius 2 is 1.57 bits per heavy atom. The second-order valence-electron chi connectivity index (χ2n) is 6.68. The highest BCUT2D eigenvalue weighted by Gasteiger charge is 2.21. The zero-order valence-corrected chi connectivity index (χ0v) is 15.8. The molecule has 0 atom stereocenters. The highest BCUT2D eigenvalue weighted by molar-refractivity contribution is 5.94. The Labute approximate surface area is 163 Å². The number of furan rings is 1. The van der Waals surface area contributed by atoms with Crippen LogP contribution in [0.15, 0.2) is 83.3 Å². The molecule has 1 N–H and O–H groups in total. The zero-order valence-electron chi connectivity index (χ0n) is 15.8. The summed E-state index contributed by atoms with van der Waals surface area (Å²) in [5.41, 5.74) is 3.15. The average molecular weight is 371 g/mol. The second-order valence-corrected chi connectivity index (χ2v) is 6.68. The van der Waals surface area contributed by atoms with Gasteiger partial charge in [0.05, 0.1) is 6.04 Å². The highest BCUT2D eigenvalue weighted by atomic mass is 16.3. The molecule has 0 saturated carbocycles. The number of hydrogen-bond donors (Lipinski definition) is 1. The van der Waals surface area contributed by atoms with Gasteiger partial charge in [0.15, 0.2) is 5.76 Å². The smallest absolute Gasteiger partial charge is 0.270 e. The minimum Gasteiger partial charge on any atom is -0.460 e. The number of carbonyl (C=O) groups excluding carboxylic acids is 1. The molecule has 2 aromatic carbocycles.